The van der Waals surface area contributed by atoms with Crippen molar-refractivity contribution in [3.05, 3.63) is 0 Å². The highest BCUT2D eigenvalue weighted by Gasteiger charge is 2.14. The van der Waals surface area contributed by atoms with Gasteiger partial charge in [0.2, 0.25) is 11.8 Å². The topological polar surface area (TPSA) is 98.2 Å². The van der Waals surface area contributed by atoms with Crippen LogP contribution in [0.2, 0.25) is 0 Å². The Hall–Kier alpha value is -1.10. The summed E-state index contributed by atoms with van der Waals surface area (Å²) in [4.78, 5) is 22.1. The van der Waals surface area contributed by atoms with Crippen LogP contribution in [0.4, 0.5) is 0 Å². The summed E-state index contributed by atoms with van der Waals surface area (Å²) in [6.07, 6.45) is 3.29. The number of primary amides is 1. The molecule has 5 N–H and O–H groups in total. The van der Waals surface area contributed by atoms with E-state index < -0.39 is 0 Å². The highest BCUT2D eigenvalue weighted by atomic mass is 16.2. The number of hydrogen-bond acceptors (Lipinski definition) is 3. The lowest BCUT2D eigenvalue weighted by atomic mass is 9.88. The van der Waals surface area contributed by atoms with Crippen molar-refractivity contribution in [2.75, 3.05) is 13.1 Å². The number of rotatable bonds is 10. The number of hydrogen-bond donors (Lipinski definition) is 3. The second-order valence-corrected chi connectivity index (χ2v) is 5.04. The van der Waals surface area contributed by atoms with Gasteiger partial charge in [-0.1, -0.05) is 13.8 Å². The Morgan fingerprint density at radius 3 is 2.33 bits per heavy atom. The largest absolute Gasteiger partial charge is 0.370 e. The van der Waals surface area contributed by atoms with Gasteiger partial charge < -0.3 is 16.8 Å². The summed E-state index contributed by atoms with van der Waals surface area (Å²) in [7, 11) is 0. The molecule has 0 aliphatic carbocycles. The summed E-state index contributed by atoms with van der Waals surface area (Å²) in [5, 5.41) is 2.80. The van der Waals surface area contributed by atoms with Gasteiger partial charge in [-0.3, -0.25) is 9.59 Å². The van der Waals surface area contributed by atoms with Gasteiger partial charge in [0.1, 0.15) is 0 Å². The van der Waals surface area contributed by atoms with Crippen LogP contribution in [0.15, 0.2) is 0 Å². The van der Waals surface area contributed by atoms with Gasteiger partial charge in [0.05, 0.1) is 0 Å². The van der Waals surface area contributed by atoms with Gasteiger partial charge in [0.15, 0.2) is 0 Å². The number of carbonyl (C=O) groups is 2. The normalized spacial score (nSPS) is 12.4. The van der Waals surface area contributed by atoms with Crippen LogP contribution in [0.3, 0.4) is 0 Å². The first-order valence-electron chi connectivity index (χ1n) is 6.72. The summed E-state index contributed by atoms with van der Waals surface area (Å²) >= 11 is 0. The molecule has 0 spiro atoms. The third kappa shape index (κ3) is 8.98. The lowest BCUT2D eigenvalue weighted by molar-refractivity contribution is -0.122. The Labute approximate surface area is 110 Å². The molecule has 2 amide bonds. The first-order valence-corrected chi connectivity index (χ1v) is 6.72. The highest BCUT2D eigenvalue weighted by molar-refractivity contribution is 5.76. The standard InChI is InChI=1S/C13H27N3O2/c1-10(2)11(7-8-14)5-6-13(18)16-9-3-4-12(15)17/h10-11H,3-9,14H2,1-2H3,(H2,15,17)(H,16,18). The molecule has 1 atom stereocenters. The maximum Gasteiger partial charge on any atom is 0.220 e. The van der Waals surface area contributed by atoms with Crippen molar-refractivity contribution in [3.8, 4) is 0 Å². The Kier molecular flexibility index (Phi) is 9.28. The third-order valence-corrected chi connectivity index (χ3v) is 3.14. The average molecular weight is 257 g/mol. The fourth-order valence-corrected chi connectivity index (χ4v) is 1.92. The molecular formula is C13H27N3O2. The van der Waals surface area contributed by atoms with Crippen molar-refractivity contribution < 1.29 is 9.59 Å². The second-order valence-electron chi connectivity index (χ2n) is 5.04. The summed E-state index contributed by atoms with van der Waals surface area (Å²) in [6.45, 7) is 5.50. The lowest BCUT2D eigenvalue weighted by Crippen LogP contribution is -2.26. The van der Waals surface area contributed by atoms with E-state index in [4.69, 9.17) is 11.5 Å². The zero-order valence-electron chi connectivity index (χ0n) is 11.6. The number of amides is 2. The van der Waals surface area contributed by atoms with E-state index in [1.807, 2.05) is 0 Å². The Balaban J connectivity index is 3.70. The summed E-state index contributed by atoms with van der Waals surface area (Å²) in [5.74, 6) is 0.775. The molecule has 0 heterocycles. The van der Waals surface area contributed by atoms with Crippen LogP contribution in [0.1, 0.15) is 46.0 Å². The van der Waals surface area contributed by atoms with E-state index in [1.165, 1.54) is 0 Å². The van der Waals surface area contributed by atoms with Gasteiger partial charge >= 0.3 is 0 Å². The zero-order chi connectivity index (χ0) is 14.0. The predicted octanol–water partition coefficient (Wildman–Crippen LogP) is 0.769. The van der Waals surface area contributed by atoms with Crippen molar-refractivity contribution >= 4 is 11.8 Å². The maximum absolute atomic E-state index is 11.6. The summed E-state index contributed by atoms with van der Waals surface area (Å²) < 4.78 is 0. The van der Waals surface area contributed by atoms with Crippen LogP contribution in [0.5, 0.6) is 0 Å². The molecule has 0 rings (SSSR count). The first-order chi connectivity index (χ1) is 8.47. The van der Waals surface area contributed by atoms with Crippen molar-refractivity contribution in [3.63, 3.8) is 0 Å². The van der Waals surface area contributed by atoms with Crippen LogP contribution in [0, 0.1) is 11.8 Å². The second kappa shape index (κ2) is 9.88. The maximum atomic E-state index is 11.6. The van der Waals surface area contributed by atoms with Crippen molar-refractivity contribution in [1.29, 1.82) is 0 Å². The monoisotopic (exact) mass is 257 g/mol. The minimum Gasteiger partial charge on any atom is -0.370 e. The molecule has 106 valence electrons. The van der Waals surface area contributed by atoms with Gasteiger partial charge in [-0.15, -0.1) is 0 Å². The van der Waals surface area contributed by atoms with Gasteiger partial charge in [0, 0.05) is 19.4 Å². The molecule has 0 aromatic rings. The van der Waals surface area contributed by atoms with Gasteiger partial charge in [-0.25, -0.2) is 0 Å². The molecule has 0 aliphatic heterocycles. The van der Waals surface area contributed by atoms with Crippen LogP contribution in [-0.4, -0.2) is 24.9 Å². The molecule has 0 aliphatic rings. The van der Waals surface area contributed by atoms with Crippen molar-refractivity contribution in [1.82, 2.24) is 5.32 Å². The van der Waals surface area contributed by atoms with Crippen LogP contribution >= 0.6 is 0 Å². The van der Waals surface area contributed by atoms with Crippen LogP contribution in [-0.2, 0) is 9.59 Å². The molecule has 5 nitrogen and oxygen atoms in total. The molecule has 0 radical (unpaired) electrons. The van der Waals surface area contributed by atoms with Crippen molar-refractivity contribution in [2.45, 2.75) is 46.0 Å². The minimum absolute atomic E-state index is 0.0436. The van der Waals surface area contributed by atoms with E-state index in [2.05, 4.69) is 19.2 Å². The number of nitrogens with one attached hydrogen (secondary N) is 1. The smallest absolute Gasteiger partial charge is 0.220 e. The SMILES string of the molecule is CC(C)C(CCN)CCC(=O)NCCCC(N)=O. The van der Waals surface area contributed by atoms with Crippen molar-refractivity contribution in [2.24, 2.45) is 23.3 Å². The molecule has 0 aromatic carbocycles. The zero-order valence-corrected chi connectivity index (χ0v) is 11.6. The predicted molar refractivity (Wildman–Crippen MR) is 72.7 cm³/mol. The lowest BCUT2D eigenvalue weighted by Gasteiger charge is -2.19. The third-order valence-electron chi connectivity index (χ3n) is 3.14. The molecule has 0 bridgehead atoms. The van der Waals surface area contributed by atoms with Gasteiger partial charge in [-0.2, -0.15) is 0 Å². The quantitative estimate of drug-likeness (QED) is 0.504. The Bertz CT molecular complexity index is 255. The van der Waals surface area contributed by atoms with Gasteiger partial charge in [0.25, 0.3) is 0 Å². The number of nitrogens with two attached hydrogens (primary N) is 2. The highest BCUT2D eigenvalue weighted by Crippen LogP contribution is 2.20. The molecule has 0 aromatic heterocycles. The van der Waals surface area contributed by atoms with E-state index in [9.17, 15) is 9.59 Å². The molecule has 0 saturated carbocycles. The summed E-state index contributed by atoms with van der Waals surface area (Å²) in [5.41, 5.74) is 10.6. The van der Waals surface area contributed by atoms with E-state index in [0.29, 0.717) is 44.2 Å². The van der Waals surface area contributed by atoms with E-state index in [1.54, 1.807) is 0 Å². The fourth-order valence-electron chi connectivity index (χ4n) is 1.92. The average Bonchev–Trinajstić information content (AvgIpc) is 2.29. The number of carbonyl (C=O) groups excluding carboxylic acids is 2. The molecule has 1 unspecified atom stereocenters. The van der Waals surface area contributed by atoms with Gasteiger partial charge in [-0.05, 0) is 37.6 Å². The van der Waals surface area contributed by atoms with Crippen LogP contribution in [0.25, 0.3) is 0 Å². The Morgan fingerprint density at radius 1 is 1.17 bits per heavy atom. The summed E-state index contributed by atoms with van der Waals surface area (Å²) in [6, 6.07) is 0. The van der Waals surface area contributed by atoms with Crippen LogP contribution < -0.4 is 16.8 Å². The first kappa shape index (κ1) is 16.9. The molecule has 5 heteroatoms. The van der Waals surface area contributed by atoms with E-state index >= 15 is 0 Å². The minimum atomic E-state index is -0.327. The van der Waals surface area contributed by atoms with E-state index in [-0.39, 0.29) is 11.8 Å². The molecule has 18 heavy (non-hydrogen) atoms. The molecule has 0 fully saturated rings. The molecular weight excluding hydrogens is 230 g/mol. The van der Waals surface area contributed by atoms with E-state index in [0.717, 1.165) is 12.8 Å². The Morgan fingerprint density at radius 2 is 1.83 bits per heavy atom. The fraction of sp³-hybridized carbons (Fsp3) is 0.846. The molecule has 0 saturated heterocycles.